The van der Waals surface area contributed by atoms with Crippen molar-refractivity contribution < 1.29 is 14.6 Å². The highest BCUT2D eigenvalue weighted by molar-refractivity contribution is 5.44. The number of hydrogen-bond donors (Lipinski definition) is 2. The van der Waals surface area contributed by atoms with E-state index >= 15 is 0 Å². The summed E-state index contributed by atoms with van der Waals surface area (Å²) < 4.78 is 14.2. The van der Waals surface area contributed by atoms with E-state index in [0.29, 0.717) is 12.0 Å². The fraction of sp³-hybridized carbons (Fsp3) is 0.429. The number of phenols is 2. The molecule has 2 aromatic rings. The number of phenolic OH excluding ortho intramolecular Hbond substituents is 2. The summed E-state index contributed by atoms with van der Waals surface area (Å²) in [7, 11) is 0. The predicted octanol–water partition coefficient (Wildman–Crippen LogP) is 5.36. The van der Waals surface area contributed by atoms with Crippen molar-refractivity contribution in [2.45, 2.75) is 58.8 Å². The van der Waals surface area contributed by atoms with Crippen molar-refractivity contribution in [1.82, 2.24) is 0 Å². The van der Waals surface area contributed by atoms with Crippen LogP contribution in [0.15, 0.2) is 30.3 Å². The summed E-state index contributed by atoms with van der Waals surface area (Å²) in [4.78, 5) is 0. The van der Waals surface area contributed by atoms with E-state index in [-0.39, 0.29) is 22.3 Å². The van der Waals surface area contributed by atoms with Gasteiger partial charge in [0, 0.05) is 0 Å². The normalized spacial score (nSPS) is 12.5. The van der Waals surface area contributed by atoms with Crippen LogP contribution >= 0.6 is 0 Å². The first-order chi connectivity index (χ1) is 10.9. The summed E-state index contributed by atoms with van der Waals surface area (Å²) in [6.07, 6.45) is 0.505. The molecular formula is C21H27FO2. The SMILES string of the molecule is Cc1cc(O)ccc1C(C)(C)Cc1cc(C(C)(C)C)cc(F)c1O. The maximum Gasteiger partial charge on any atom is 0.165 e. The van der Waals surface area contributed by atoms with Crippen molar-refractivity contribution in [2.75, 3.05) is 0 Å². The van der Waals surface area contributed by atoms with Gasteiger partial charge in [-0.3, -0.25) is 0 Å². The molecule has 0 spiro atoms. The molecule has 0 atom stereocenters. The Morgan fingerprint density at radius 1 is 0.958 bits per heavy atom. The molecule has 2 aromatic carbocycles. The zero-order valence-electron chi connectivity index (χ0n) is 15.4. The van der Waals surface area contributed by atoms with Crippen molar-refractivity contribution in [3.8, 4) is 11.5 Å². The molecule has 0 bridgehead atoms. The van der Waals surface area contributed by atoms with Crippen LogP contribution < -0.4 is 0 Å². The number of hydrogen-bond acceptors (Lipinski definition) is 2. The van der Waals surface area contributed by atoms with Crippen LogP contribution in [0.4, 0.5) is 4.39 Å². The summed E-state index contributed by atoms with van der Waals surface area (Å²) >= 11 is 0. The van der Waals surface area contributed by atoms with Gasteiger partial charge in [-0.2, -0.15) is 0 Å². The van der Waals surface area contributed by atoms with E-state index in [4.69, 9.17) is 0 Å². The lowest BCUT2D eigenvalue weighted by molar-refractivity contribution is 0.412. The molecule has 0 aliphatic rings. The molecule has 24 heavy (non-hydrogen) atoms. The van der Waals surface area contributed by atoms with E-state index in [9.17, 15) is 14.6 Å². The third-order valence-corrected chi connectivity index (χ3v) is 4.58. The standard InChI is InChI=1S/C21H27FO2/c1-13-9-16(23)7-8-17(13)21(5,6)12-14-10-15(20(2,3)4)11-18(22)19(14)24/h7-11,23-24H,12H2,1-6H3. The van der Waals surface area contributed by atoms with Gasteiger partial charge in [-0.25, -0.2) is 4.39 Å². The molecule has 3 heteroatoms. The van der Waals surface area contributed by atoms with E-state index in [1.54, 1.807) is 12.1 Å². The maximum atomic E-state index is 14.2. The highest BCUT2D eigenvalue weighted by Crippen LogP contribution is 2.37. The molecular weight excluding hydrogens is 303 g/mol. The Morgan fingerprint density at radius 3 is 2.12 bits per heavy atom. The molecule has 2 rings (SSSR count). The van der Waals surface area contributed by atoms with E-state index in [0.717, 1.165) is 16.7 Å². The van der Waals surface area contributed by atoms with Gasteiger partial charge in [0.1, 0.15) is 5.75 Å². The molecule has 0 aliphatic heterocycles. The van der Waals surface area contributed by atoms with Crippen LogP contribution in [0.3, 0.4) is 0 Å². The zero-order valence-corrected chi connectivity index (χ0v) is 15.4. The zero-order chi connectivity index (χ0) is 18.3. The molecule has 0 saturated carbocycles. The van der Waals surface area contributed by atoms with Crippen molar-refractivity contribution in [3.05, 3.63) is 58.4 Å². The summed E-state index contributed by atoms with van der Waals surface area (Å²) in [5.41, 5.74) is 3.02. The van der Waals surface area contributed by atoms with E-state index in [1.165, 1.54) is 6.07 Å². The molecule has 0 radical (unpaired) electrons. The van der Waals surface area contributed by atoms with Gasteiger partial charge in [-0.15, -0.1) is 0 Å². The van der Waals surface area contributed by atoms with Gasteiger partial charge in [-0.05, 0) is 64.6 Å². The lowest BCUT2D eigenvalue weighted by atomic mass is 9.76. The van der Waals surface area contributed by atoms with Gasteiger partial charge in [0.2, 0.25) is 0 Å². The van der Waals surface area contributed by atoms with Crippen LogP contribution in [-0.4, -0.2) is 10.2 Å². The van der Waals surface area contributed by atoms with Crippen molar-refractivity contribution in [2.24, 2.45) is 0 Å². The third kappa shape index (κ3) is 3.72. The summed E-state index contributed by atoms with van der Waals surface area (Å²) in [5.74, 6) is -0.612. The molecule has 2 nitrogen and oxygen atoms in total. The fourth-order valence-electron chi connectivity index (χ4n) is 3.20. The monoisotopic (exact) mass is 330 g/mol. The average Bonchev–Trinajstić information content (AvgIpc) is 2.41. The van der Waals surface area contributed by atoms with Crippen LogP contribution in [0.1, 0.15) is 56.9 Å². The molecule has 0 unspecified atom stereocenters. The second kappa shape index (κ2) is 6.12. The second-order valence-corrected chi connectivity index (χ2v) is 8.28. The topological polar surface area (TPSA) is 40.5 Å². The van der Waals surface area contributed by atoms with Gasteiger partial charge in [0.05, 0.1) is 0 Å². The Balaban J connectivity index is 2.47. The summed E-state index contributed by atoms with van der Waals surface area (Å²) in [6.45, 7) is 12.2. The molecule has 0 aromatic heterocycles. The lowest BCUT2D eigenvalue weighted by Gasteiger charge is -2.29. The minimum atomic E-state index is -0.573. The maximum absolute atomic E-state index is 14.2. The van der Waals surface area contributed by atoms with Gasteiger partial charge >= 0.3 is 0 Å². The summed E-state index contributed by atoms with van der Waals surface area (Å²) in [6, 6.07) is 8.60. The first-order valence-corrected chi connectivity index (χ1v) is 8.24. The molecule has 0 aliphatic carbocycles. The first-order valence-electron chi connectivity index (χ1n) is 8.24. The molecule has 0 heterocycles. The number of aromatic hydroxyl groups is 2. The Morgan fingerprint density at radius 2 is 1.58 bits per heavy atom. The smallest absolute Gasteiger partial charge is 0.165 e. The third-order valence-electron chi connectivity index (χ3n) is 4.58. The highest BCUT2D eigenvalue weighted by Gasteiger charge is 2.27. The number of halogens is 1. The first kappa shape index (κ1) is 18.3. The van der Waals surface area contributed by atoms with Crippen molar-refractivity contribution in [1.29, 1.82) is 0 Å². The predicted molar refractivity (Wildman–Crippen MR) is 96.3 cm³/mol. The van der Waals surface area contributed by atoms with Crippen LogP contribution in [0.25, 0.3) is 0 Å². The summed E-state index contributed by atoms with van der Waals surface area (Å²) in [5, 5.41) is 19.8. The quantitative estimate of drug-likeness (QED) is 0.795. The average molecular weight is 330 g/mol. The number of rotatable bonds is 3. The Labute approximate surface area is 144 Å². The highest BCUT2D eigenvalue weighted by atomic mass is 19.1. The number of benzene rings is 2. The Kier molecular flexibility index (Phi) is 4.67. The molecule has 0 fully saturated rings. The van der Waals surface area contributed by atoms with E-state index in [1.807, 2.05) is 39.8 Å². The van der Waals surface area contributed by atoms with E-state index in [2.05, 4.69) is 13.8 Å². The minimum absolute atomic E-state index is 0.193. The van der Waals surface area contributed by atoms with Crippen molar-refractivity contribution >= 4 is 0 Å². The second-order valence-electron chi connectivity index (χ2n) is 8.28. The van der Waals surface area contributed by atoms with Crippen LogP contribution in [0.2, 0.25) is 0 Å². The molecule has 0 saturated heterocycles. The van der Waals surface area contributed by atoms with Crippen molar-refractivity contribution in [3.63, 3.8) is 0 Å². The van der Waals surface area contributed by atoms with Crippen LogP contribution in [0.5, 0.6) is 11.5 Å². The van der Waals surface area contributed by atoms with E-state index < -0.39 is 5.82 Å². The molecule has 130 valence electrons. The number of aryl methyl sites for hydroxylation is 1. The lowest BCUT2D eigenvalue weighted by Crippen LogP contribution is -2.22. The largest absolute Gasteiger partial charge is 0.508 e. The molecule has 2 N–H and O–H groups in total. The Hall–Kier alpha value is -2.03. The minimum Gasteiger partial charge on any atom is -0.508 e. The molecule has 0 amide bonds. The van der Waals surface area contributed by atoms with Gasteiger partial charge < -0.3 is 10.2 Å². The van der Waals surface area contributed by atoms with Crippen LogP contribution in [0, 0.1) is 12.7 Å². The van der Waals surface area contributed by atoms with Gasteiger partial charge in [-0.1, -0.05) is 46.8 Å². The van der Waals surface area contributed by atoms with Gasteiger partial charge in [0.25, 0.3) is 0 Å². The van der Waals surface area contributed by atoms with Crippen LogP contribution in [-0.2, 0) is 17.3 Å². The fourth-order valence-corrected chi connectivity index (χ4v) is 3.20. The van der Waals surface area contributed by atoms with Gasteiger partial charge in [0.15, 0.2) is 11.6 Å². The Bertz CT molecular complexity index is 755.